The molecule has 2 N–H and O–H groups in total. The minimum atomic E-state index is -4.60. The van der Waals surface area contributed by atoms with Crippen LogP contribution < -0.4 is 15.8 Å². The summed E-state index contributed by atoms with van der Waals surface area (Å²) < 4.78 is 43.1. The van der Waals surface area contributed by atoms with E-state index in [-0.39, 0.29) is 31.3 Å². The number of hydrogen-bond donors (Lipinski definition) is 2. The Hall–Kier alpha value is -3.39. The van der Waals surface area contributed by atoms with Crippen molar-refractivity contribution in [2.24, 2.45) is 16.7 Å². The van der Waals surface area contributed by atoms with Crippen molar-refractivity contribution in [2.45, 2.75) is 44.3 Å². The molecule has 0 bridgehead atoms. The lowest BCUT2D eigenvalue weighted by molar-refractivity contribution is -0.191. The average Bonchev–Trinajstić information content (AvgIpc) is 3.82. The molecule has 8 nitrogen and oxygen atoms in total. The Kier molecular flexibility index (Phi) is 5.39. The van der Waals surface area contributed by atoms with Crippen molar-refractivity contribution < 1.29 is 22.8 Å². The quantitative estimate of drug-likeness (QED) is 0.611. The summed E-state index contributed by atoms with van der Waals surface area (Å²) in [4.78, 5) is 34.1. The molecular weight excluding hydrogens is 485 g/mol. The number of amides is 2. The molecule has 1 aromatic carbocycles. The van der Waals surface area contributed by atoms with E-state index in [0.717, 1.165) is 13.1 Å². The zero-order chi connectivity index (χ0) is 26.0. The molecule has 37 heavy (non-hydrogen) atoms. The Labute approximate surface area is 211 Å². The highest BCUT2D eigenvalue weighted by atomic mass is 19.4. The number of piperidine rings is 2. The third kappa shape index (κ3) is 3.72. The summed E-state index contributed by atoms with van der Waals surface area (Å²) in [5, 5.41) is 9.96. The number of pyridine rings is 1. The molecule has 3 heterocycles. The second-order valence-electron chi connectivity index (χ2n) is 10.8. The van der Waals surface area contributed by atoms with E-state index in [1.165, 1.54) is 25.1 Å². The van der Waals surface area contributed by atoms with E-state index in [9.17, 15) is 28.0 Å². The molecule has 194 valence electrons. The summed E-state index contributed by atoms with van der Waals surface area (Å²) in [6, 6.07) is 9.21. The summed E-state index contributed by atoms with van der Waals surface area (Å²) in [6.45, 7) is 1.11. The average molecular weight is 513 g/mol. The molecule has 2 saturated heterocycles. The lowest BCUT2D eigenvalue weighted by Gasteiger charge is -2.31. The van der Waals surface area contributed by atoms with Gasteiger partial charge in [0.25, 0.3) is 0 Å². The number of rotatable bonds is 4. The maximum Gasteiger partial charge on any atom is 0.397 e. The highest BCUT2D eigenvalue weighted by Gasteiger charge is 2.86. The van der Waals surface area contributed by atoms with Gasteiger partial charge < -0.3 is 9.80 Å². The third-order valence-corrected chi connectivity index (χ3v) is 8.76. The molecule has 2 aromatic rings. The van der Waals surface area contributed by atoms with Crippen LogP contribution in [0.15, 0.2) is 30.5 Å². The molecule has 6 rings (SSSR count). The van der Waals surface area contributed by atoms with E-state index in [1.54, 1.807) is 23.1 Å². The molecule has 2 aliphatic carbocycles. The number of fused-ring (bicyclic) bond motifs is 2. The lowest BCUT2D eigenvalue weighted by Crippen LogP contribution is -2.51. The highest BCUT2D eigenvalue weighted by Crippen LogP contribution is 2.75. The number of carbonyl (C=O) groups is 2. The minimum Gasteiger partial charge on any atom is -0.369 e. The van der Waals surface area contributed by atoms with E-state index < -0.39 is 22.9 Å². The fraction of sp³-hybridized carbons (Fsp3) is 0.538. The van der Waals surface area contributed by atoms with Crippen molar-refractivity contribution in [1.29, 1.82) is 5.26 Å². The molecule has 11 heteroatoms. The lowest BCUT2D eigenvalue weighted by atomic mass is 9.94. The Bertz CT molecular complexity index is 1310. The maximum absolute atomic E-state index is 14.4. The van der Waals surface area contributed by atoms with Gasteiger partial charge in [-0.1, -0.05) is 0 Å². The van der Waals surface area contributed by atoms with Crippen molar-refractivity contribution in [3.8, 4) is 6.07 Å². The zero-order valence-corrected chi connectivity index (χ0v) is 20.1. The Morgan fingerprint density at radius 1 is 1.08 bits per heavy atom. The van der Waals surface area contributed by atoms with Gasteiger partial charge in [-0.3, -0.25) is 25.4 Å². The number of nitrogens with zero attached hydrogens (tertiary/aromatic N) is 4. The van der Waals surface area contributed by atoms with Gasteiger partial charge in [0.15, 0.2) is 0 Å². The smallest absolute Gasteiger partial charge is 0.369 e. The number of anilines is 1. The second-order valence-corrected chi connectivity index (χ2v) is 10.8. The van der Waals surface area contributed by atoms with Gasteiger partial charge in [-0.25, -0.2) is 0 Å². The SMILES string of the molecule is N#Cc1ccc(N2C[C@]3(C(=O)NNC(=O)C4CCN(C5CC5)CC4)C[C@]3(C(F)(F)F)C2)c2cccnc12. The second kappa shape index (κ2) is 8.31. The molecule has 4 aliphatic rings. The van der Waals surface area contributed by atoms with Crippen LogP contribution in [-0.2, 0) is 9.59 Å². The number of benzene rings is 1. The Balaban J connectivity index is 1.19. The van der Waals surface area contributed by atoms with Crippen molar-refractivity contribution >= 4 is 28.4 Å². The van der Waals surface area contributed by atoms with Crippen LogP contribution in [0.2, 0.25) is 0 Å². The number of carbonyl (C=O) groups excluding carboxylic acids is 2. The zero-order valence-electron chi connectivity index (χ0n) is 20.1. The fourth-order valence-corrected chi connectivity index (χ4v) is 6.42. The number of hydrazine groups is 1. The van der Waals surface area contributed by atoms with Crippen LogP contribution in [0.1, 0.15) is 37.7 Å². The number of nitrogens with one attached hydrogen (secondary N) is 2. The largest absolute Gasteiger partial charge is 0.397 e. The van der Waals surface area contributed by atoms with Crippen molar-refractivity contribution in [2.75, 3.05) is 31.1 Å². The van der Waals surface area contributed by atoms with Crippen LogP contribution in [0.3, 0.4) is 0 Å². The summed E-state index contributed by atoms with van der Waals surface area (Å²) in [7, 11) is 0. The number of nitriles is 1. The first-order chi connectivity index (χ1) is 17.7. The van der Waals surface area contributed by atoms with E-state index >= 15 is 0 Å². The standard InChI is InChI=1S/C26H27F3N6O2/c27-26(28,29)25-13-24(25,23(37)33-32-22(36)16-7-10-34(11-8-16)18-4-5-18)14-35(15-25)20-6-3-17(12-30)21-19(20)2-1-9-31-21/h1-3,6,9,16,18H,4-5,7-8,10-11,13-15H2,(H,32,36)(H,33,37)/t24-,25-/m0/s1. The van der Waals surface area contributed by atoms with E-state index in [1.807, 2.05) is 0 Å². The maximum atomic E-state index is 14.4. The predicted molar refractivity (Wildman–Crippen MR) is 128 cm³/mol. The molecular formula is C26H27F3N6O2. The minimum absolute atomic E-state index is 0.149. The molecule has 2 atom stereocenters. The fourth-order valence-electron chi connectivity index (χ4n) is 6.42. The van der Waals surface area contributed by atoms with Crippen molar-refractivity contribution in [3.05, 3.63) is 36.0 Å². The first-order valence-corrected chi connectivity index (χ1v) is 12.6. The number of likely N-dealkylation sites (tertiary alicyclic amines) is 1. The Morgan fingerprint density at radius 3 is 2.51 bits per heavy atom. The van der Waals surface area contributed by atoms with Gasteiger partial charge in [0, 0.05) is 42.3 Å². The summed E-state index contributed by atoms with van der Waals surface area (Å²) in [5.74, 6) is -1.43. The summed E-state index contributed by atoms with van der Waals surface area (Å²) in [6.07, 6.45) is 0.336. The van der Waals surface area contributed by atoms with Crippen molar-refractivity contribution in [1.82, 2.24) is 20.7 Å². The van der Waals surface area contributed by atoms with E-state index in [4.69, 9.17) is 0 Å². The van der Waals surface area contributed by atoms with Crippen molar-refractivity contribution in [3.63, 3.8) is 0 Å². The molecule has 1 aromatic heterocycles. The summed E-state index contributed by atoms with van der Waals surface area (Å²) in [5.41, 5.74) is 2.09. The molecule has 2 amide bonds. The molecule has 0 spiro atoms. The first kappa shape index (κ1) is 24.0. The van der Waals surface area contributed by atoms with Gasteiger partial charge in [-0.2, -0.15) is 18.4 Å². The predicted octanol–water partition coefficient (Wildman–Crippen LogP) is 2.89. The number of hydrogen-bond acceptors (Lipinski definition) is 6. The van der Waals surface area contributed by atoms with E-state index in [2.05, 4.69) is 26.8 Å². The Morgan fingerprint density at radius 2 is 1.84 bits per heavy atom. The monoisotopic (exact) mass is 512 g/mol. The summed E-state index contributed by atoms with van der Waals surface area (Å²) >= 11 is 0. The molecule has 2 saturated carbocycles. The molecule has 2 aliphatic heterocycles. The topological polar surface area (TPSA) is 101 Å². The van der Waals surface area contributed by atoms with Gasteiger partial charge >= 0.3 is 6.18 Å². The number of halogens is 3. The molecule has 0 radical (unpaired) electrons. The normalized spacial score (nSPS) is 28.0. The van der Waals surface area contributed by atoms with Gasteiger partial charge in [0.05, 0.1) is 16.5 Å². The van der Waals surface area contributed by atoms with Gasteiger partial charge in [0.2, 0.25) is 11.8 Å². The first-order valence-electron chi connectivity index (χ1n) is 12.6. The van der Waals surface area contributed by atoms with Crippen LogP contribution in [0.4, 0.5) is 18.9 Å². The van der Waals surface area contributed by atoms with Crippen LogP contribution in [-0.4, -0.2) is 60.1 Å². The molecule has 4 fully saturated rings. The van der Waals surface area contributed by atoms with Gasteiger partial charge in [-0.15, -0.1) is 0 Å². The van der Waals surface area contributed by atoms with Crippen LogP contribution in [0, 0.1) is 28.1 Å². The molecule has 0 unspecified atom stereocenters. The van der Waals surface area contributed by atoms with E-state index in [0.29, 0.717) is 41.0 Å². The number of aromatic nitrogens is 1. The number of alkyl halides is 3. The third-order valence-electron chi connectivity index (χ3n) is 8.76. The van der Waals surface area contributed by atoms with Crippen LogP contribution in [0.25, 0.3) is 10.9 Å². The van der Waals surface area contributed by atoms with Crippen LogP contribution >= 0.6 is 0 Å². The van der Waals surface area contributed by atoms with Gasteiger partial charge in [0.1, 0.15) is 11.5 Å². The van der Waals surface area contributed by atoms with Crippen LogP contribution in [0.5, 0.6) is 0 Å². The highest BCUT2D eigenvalue weighted by molar-refractivity contribution is 5.97. The van der Waals surface area contributed by atoms with Gasteiger partial charge in [-0.05, 0) is 69.5 Å².